The van der Waals surface area contributed by atoms with Crippen molar-refractivity contribution in [1.29, 1.82) is 0 Å². The number of thiophene rings is 1. The maximum atomic E-state index is 13.0. The highest BCUT2D eigenvalue weighted by molar-refractivity contribution is 7.91. The van der Waals surface area contributed by atoms with Crippen molar-refractivity contribution < 1.29 is 18.3 Å². The van der Waals surface area contributed by atoms with Gasteiger partial charge in [-0.2, -0.15) is 4.31 Å². The molecule has 0 amide bonds. The van der Waals surface area contributed by atoms with Gasteiger partial charge in [-0.1, -0.05) is 37.3 Å². The molecule has 0 bridgehead atoms. The maximum Gasteiger partial charge on any atom is 0.272 e. The number of anilines is 2. The monoisotopic (exact) mass is 436 g/mol. The van der Waals surface area contributed by atoms with Crippen molar-refractivity contribution in [3.63, 3.8) is 0 Å². The Morgan fingerprint density at radius 3 is 2.45 bits per heavy atom. The van der Waals surface area contributed by atoms with Gasteiger partial charge in [0.15, 0.2) is 15.7 Å². The van der Waals surface area contributed by atoms with Crippen LogP contribution in [-0.2, 0) is 16.6 Å². The van der Waals surface area contributed by atoms with E-state index in [1.165, 1.54) is 9.69 Å². The first-order chi connectivity index (χ1) is 13.8. The lowest BCUT2D eigenvalue weighted by Gasteiger charge is -2.20. The fourth-order valence-electron chi connectivity index (χ4n) is 2.78. The number of benzene rings is 1. The Balaban J connectivity index is 1.88. The molecule has 1 heterocycles. The highest BCUT2D eigenvalue weighted by atomic mass is 32.2. The molecule has 154 valence electrons. The van der Waals surface area contributed by atoms with Crippen LogP contribution in [0.1, 0.15) is 19.4 Å². The van der Waals surface area contributed by atoms with Crippen molar-refractivity contribution in [2.24, 2.45) is 0 Å². The highest BCUT2D eigenvalue weighted by Gasteiger charge is 2.31. The Labute approximate surface area is 171 Å². The molecule has 0 atom stereocenters. The Morgan fingerprint density at radius 2 is 1.83 bits per heavy atom. The van der Waals surface area contributed by atoms with Crippen LogP contribution in [0.25, 0.3) is 0 Å². The van der Waals surface area contributed by atoms with Crippen LogP contribution in [0.5, 0.6) is 11.5 Å². The molecule has 10 heteroatoms. The molecule has 0 aliphatic carbocycles. The third-order valence-electron chi connectivity index (χ3n) is 4.28. The summed E-state index contributed by atoms with van der Waals surface area (Å²) in [4.78, 5) is 23.3. The Hall–Kier alpha value is -2.69. The SMILES string of the molecule is CCOc1c(Nc2csc(S(=O)(=O)N(CC)Cc3ccccc3)c2O)c(=O)c1=O. The van der Waals surface area contributed by atoms with Crippen molar-refractivity contribution in [2.75, 3.05) is 18.5 Å². The van der Waals surface area contributed by atoms with Crippen molar-refractivity contribution >= 4 is 32.7 Å². The molecule has 0 fully saturated rings. The van der Waals surface area contributed by atoms with Crippen LogP contribution in [0.4, 0.5) is 11.4 Å². The van der Waals surface area contributed by atoms with Gasteiger partial charge < -0.3 is 15.2 Å². The van der Waals surface area contributed by atoms with Crippen LogP contribution >= 0.6 is 11.3 Å². The molecule has 0 spiro atoms. The molecule has 0 radical (unpaired) electrons. The van der Waals surface area contributed by atoms with Crippen molar-refractivity contribution in [1.82, 2.24) is 4.31 Å². The number of nitrogens with zero attached hydrogens (tertiary/aromatic N) is 1. The van der Waals surface area contributed by atoms with Crippen LogP contribution < -0.4 is 20.9 Å². The predicted molar refractivity (Wildman–Crippen MR) is 112 cm³/mol. The van der Waals surface area contributed by atoms with Gasteiger partial charge in [-0.05, 0) is 12.5 Å². The van der Waals surface area contributed by atoms with Crippen molar-refractivity contribution in [2.45, 2.75) is 24.6 Å². The van der Waals surface area contributed by atoms with Gasteiger partial charge in [0, 0.05) is 18.5 Å². The Bertz CT molecular complexity index is 1180. The summed E-state index contributed by atoms with van der Waals surface area (Å²) in [6, 6.07) is 9.12. The number of sulfonamides is 1. The molecule has 0 unspecified atom stereocenters. The van der Waals surface area contributed by atoms with Crippen molar-refractivity contribution in [3.05, 3.63) is 61.7 Å². The van der Waals surface area contributed by atoms with Crippen LogP contribution in [-0.4, -0.2) is 31.0 Å². The summed E-state index contributed by atoms with van der Waals surface area (Å²) in [6.07, 6.45) is 0. The van der Waals surface area contributed by atoms with Crippen LogP contribution in [0.2, 0.25) is 0 Å². The number of hydrogen-bond acceptors (Lipinski definition) is 8. The molecule has 0 saturated heterocycles. The average Bonchev–Trinajstić information content (AvgIpc) is 3.10. The fraction of sp³-hybridized carbons (Fsp3) is 0.263. The number of aromatic hydroxyl groups is 1. The van der Waals surface area contributed by atoms with Gasteiger partial charge in [0.2, 0.25) is 0 Å². The highest BCUT2D eigenvalue weighted by Crippen LogP contribution is 2.41. The normalized spacial score (nSPS) is 11.8. The summed E-state index contributed by atoms with van der Waals surface area (Å²) in [5.74, 6) is -0.622. The summed E-state index contributed by atoms with van der Waals surface area (Å²) in [7, 11) is -3.97. The zero-order valence-corrected chi connectivity index (χ0v) is 17.5. The summed E-state index contributed by atoms with van der Waals surface area (Å²) in [6.45, 7) is 3.94. The van der Waals surface area contributed by atoms with E-state index in [-0.39, 0.29) is 41.0 Å². The number of ether oxygens (including phenoxy) is 1. The predicted octanol–water partition coefficient (Wildman–Crippen LogP) is 2.40. The zero-order chi connectivity index (χ0) is 21.2. The summed E-state index contributed by atoms with van der Waals surface area (Å²) in [5.41, 5.74) is -0.778. The van der Waals surface area contributed by atoms with E-state index >= 15 is 0 Å². The average molecular weight is 437 g/mol. The first-order valence-electron chi connectivity index (χ1n) is 8.88. The second kappa shape index (κ2) is 8.36. The number of rotatable bonds is 9. The number of nitrogens with one attached hydrogen (secondary N) is 1. The second-order valence-electron chi connectivity index (χ2n) is 6.12. The topological polar surface area (TPSA) is 113 Å². The van der Waals surface area contributed by atoms with Crippen LogP contribution in [0.15, 0.2) is 49.5 Å². The largest absolute Gasteiger partial charge is 0.504 e. The zero-order valence-electron chi connectivity index (χ0n) is 15.8. The molecule has 8 nitrogen and oxygen atoms in total. The molecule has 0 saturated carbocycles. The second-order valence-corrected chi connectivity index (χ2v) is 9.14. The third kappa shape index (κ3) is 3.91. The maximum absolute atomic E-state index is 13.0. The van der Waals surface area contributed by atoms with E-state index in [0.29, 0.717) is 0 Å². The van der Waals surface area contributed by atoms with Crippen LogP contribution in [0, 0.1) is 0 Å². The van der Waals surface area contributed by atoms with E-state index in [1.54, 1.807) is 13.8 Å². The molecular formula is C19H20N2O6S2. The van der Waals surface area contributed by atoms with E-state index in [0.717, 1.165) is 16.9 Å². The van der Waals surface area contributed by atoms with Gasteiger partial charge in [-0.25, -0.2) is 8.42 Å². The Morgan fingerprint density at radius 1 is 1.14 bits per heavy atom. The molecule has 0 aliphatic rings. The van der Waals surface area contributed by atoms with E-state index in [9.17, 15) is 23.1 Å². The minimum absolute atomic E-state index is 0.0254. The van der Waals surface area contributed by atoms with Crippen LogP contribution in [0.3, 0.4) is 0 Å². The molecule has 0 aliphatic heterocycles. The molecule has 3 rings (SSSR count). The lowest BCUT2D eigenvalue weighted by Crippen LogP contribution is -2.35. The van der Waals surface area contributed by atoms with E-state index in [1.807, 2.05) is 30.3 Å². The Kier molecular flexibility index (Phi) is 6.06. The van der Waals surface area contributed by atoms with Gasteiger partial charge >= 0.3 is 0 Å². The number of hydrogen-bond donors (Lipinski definition) is 2. The molecule has 1 aromatic heterocycles. The van der Waals surface area contributed by atoms with Gasteiger partial charge in [-0.15, -0.1) is 11.3 Å². The van der Waals surface area contributed by atoms with Gasteiger partial charge in [-0.3, -0.25) is 9.59 Å². The minimum Gasteiger partial charge on any atom is -0.504 e. The van der Waals surface area contributed by atoms with E-state index in [4.69, 9.17) is 4.74 Å². The lowest BCUT2D eigenvalue weighted by atomic mass is 10.2. The quantitative estimate of drug-likeness (QED) is 0.495. The van der Waals surface area contributed by atoms with E-state index < -0.39 is 26.6 Å². The summed E-state index contributed by atoms with van der Waals surface area (Å²) < 4.78 is 32.2. The molecule has 29 heavy (non-hydrogen) atoms. The fourth-order valence-corrected chi connectivity index (χ4v) is 5.59. The lowest BCUT2D eigenvalue weighted by molar-refractivity contribution is 0.335. The van der Waals surface area contributed by atoms with Crippen molar-refractivity contribution in [3.8, 4) is 11.5 Å². The summed E-state index contributed by atoms with van der Waals surface area (Å²) >= 11 is 0.829. The van der Waals surface area contributed by atoms with Gasteiger partial charge in [0.1, 0.15) is 5.69 Å². The first kappa shape index (κ1) is 21.0. The first-order valence-corrected chi connectivity index (χ1v) is 11.2. The third-order valence-corrected chi connectivity index (χ3v) is 7.69. The molecule has 3 aromatic rings. The molecular weight excluding hydrogens is 416 g/mol. The summed E-state index contributed by atoms with van der Waals surface area (Å²) in [5, 5.41) is 14.5. The standard InChI is InChI=1S/C19H20N2O6S2/c1-3-21(10-12-8-6-5-7-9-12)29(25,26)19-15(22)13(11-28-19)20-14-16(23)17(24)18(14)27-4-2/h5-9,11,20,22H,3-4,10H2,1-2H3. The molecule has 2 N–H and O–H groups in total. The molecule has 2 aromatic carbocycles. The van der Waals surface area contributed by atoms with Gasteiger partial charge in [0.25, 0.3) is 20.9 Å². The van der Waals surface area contributed by atoms with Gasteiger partial charge in [0.05, 0.1) is 12.3 Å². The minimum atomic E-state index is -3.97. The smallest absolute Gasteiger partial charge is 0.272 e. The van der Waals surface area contributed by atoms with E-state index in [2.05, 4.69) is 5.32 Å².